The molecule has 1 aromatic carbocycles. The van der Waals surface area contributed by atoms with Crippen molar-refractivity contribution in [3.63, 3.8) is 0 Å². The number of rotatable bonds is 3. The maximum absolute atomic E-state index is 12.1. The predicted octanol–water partition coefficient (Wildman–Crippen LogP) is 2.27. The Morgan fingerprint density at radius 2 is 2.00 bits per heavy atom. The Morgan fingerprint density at radius 3 is 2.55 bits per heavy atom. The van der Waals surface area contributed by atoms with E-state index in [1.807, 2.05) is 60.4 Å². The number of nitrogens with zero attached hydrogens (tertiary/aromatic N) is 2. The molecule has 0 aliphatic rings. The molecule has 20 heavy (non-hydrogen) atoms. The Labute approximate surface area is 128 Å². The molecule has 6 heteroatoms. The van der Waals surface area contributed by atoms with Crippen LogP contribution in [0.4, 0.5) is 0 Å². The van der Waals surface area contributed by atoms with Crippen molar-refractivity contribution in [1.82, 2.24) is 4.57 Å². The third kappa shape index (κ3) is 3.79. The zero-order valence-electron chi connectivity index (χ0n) is 11.4. The number of nitrogens with two attached hydrogens (primary N) is 1. The first-order chi connectivity index (χ1) is 9.09. The summed E-state index contributed by atoms with van der Waals surface area (Å²) in [6.45, 7) is 1.82. The van der Waals surface area contributed by atoms with Crippen LogP contribution >= 0.6 is 23.7 Å². The molecule has 0 saturated heterocycles. The molecule has 0 spiro atoms. The molecular weight excluding hydrogens is 294 g/mol. The summed E-state index contributed by atoms with van der Waals surface area (Å²) in [5, 5.41) is 1.90. The summed E-state index contributed by atoms with van der Waals surface area (Å²) in [7, 11) is 1.87. The number of carbonyl (C=O) groups excluding carboxylic acids is 1. The molecule has 0 aliphatic heterocycles. The fourth-order valence-electron chi connectivity index (χ4n) is 1.75. The summed E-state index contributed by atoms with van der Waals surface area (Å²) in [6.07, 6.45) is 1.87. The number of carbonyl (C=O) groups is 1. The normalized spacial score (nSPS) is 14.4. The van der Waals surface area contributed by atoms with Crippen molar-refractivity contribution in [2.45, 2.75) is 13.0 Å². The van der Waals surface area contributed by atoms with Crippen LogP contribution in [0.15, 0.2) is 46.9 Å². The lowest BCUT2D eigenvalue weighted by Gasteiger charge is -2.16. The van der Waals surface area contributed by atoms with E-state index in [0.717, 1.165) is 5.56 Å². The molecule has 0 bridgehead atoms. The van der Waals surface area contributed by atoms with E-state index in [9.17, 15) is 4.79 Å². The topological polar surface area (TPSA) is 60.4 Å². The van der Waals surface area contributed by atoms with Crippen LogP contribution in [0.1, 0.15) is 18.5 Å². The van der Waals surface area contributed by atoms with Crippen LogP contribution in [0.2, 0.25) is 0 Å². The lowest BCUT2D eigenvalue weighted by Crippen LogP contribution is -2.26. The zero-order chi connectivity index (χ0) is 13.8. The molecule has 108 valence electrons. The minimum absolute atomic E-state index is 0. The van der Waals surface area contributed by atoms with Gasteiger partial charge in [0.2, 0.25) is 0 Å². The largest absolute Gasteiger partial charge is 0.327 e. The minimum Gasteiger partial charge on any atom is -0.327 e. The van der Waals surface area contributed by atoms with E-state index < -0.39 is 0 Å². The fraction of sp³-hybridized carbons (Fsp3) is 0.286. The number of benzene rings is 1. The molecule has 1 amide bonds. The smallest absolute Gasteiger partial charge is 0.253 e. The summed E-state index contributed by atoms with van der Waals surface area (Å²) in [5.74, 6) is -0.529. The lowest BCUT2D eigenvalue weighted by atomic mass is 9.95. The first-order valence-corrected chi connectivity index (χ1v) is 6.97. The molecule has 2 rings (SSSR count). The fourth-order valence-corrected chi connectivity index (χ4v) is 2.48. The maximum atomic E-state index is 12.1. The highest BCUT2D eigenvalue weighted by Gasteiger charge is 2.21. The van der Waals surface area contributed by atoms with Crippen LogP contribution in [-0.2, 0) is 11.8 Å². The predicted molar refractivity (Wildman–Crippen MR) is 83.6 cm³/mol. The van der Waals surface area contributed by atoms with Crippen molar-refractivity contribution in [2.24, 2.45) is 23.7 Å². The van der Waals surface area contributed by atoms with Gasteiger partial charge in [-0.2, -0.15) is 4.99 Å². The third-order valence-electron chi connectivity index (χ3n) is 3.08. The van der Waals surface area contributed by atoms with E-state index in [-0.39, 0.29) is 30.3 Å². The van der Waals surface area contributed by atoms with Gasteiger partial charge in [0.05, 0.1) is 5.92 Å². The summed E-state index contributed by atoms with van der Waals surface area (Å²) in [4.78, 5) is 16.9. The van der Waals surface area contributed by atoms with E-state index in [1.54, 1.807) is 0 Å². The van der Waals surface area contributed by atoms with Crippen LogP contribution < -0.4 is 10.5 Å². The van der Waals surface area contributed by atoms with E-state index in [4.69, 9.17) is 5.73 Å². The van der Waals surface area contributed by atoms with Gasteiger partial charge in [-0.15, -0.1) is 23.7 Å². The van der Waals surface area contributed by atoms with Gasteiger partial charge in [-0.3, -0.25) is 4.79 Å². The first kappa shape index (κ1) is 16.6. The molecule has 2 N–H and O–H groups in total. The van der Waals surface area contributed by atoms with Crippen LogP contribution in [0.25, 0.3) is 0 Å². The number of aryl methyl sites for hydroxylation is 1. The highest BCUT2D eigenvalue weighted by molar-refractivity contribution is 7.07. The zero-order valence-corrected chi connectivity index (χ0v) is 13.0. The van der Waals surface area contributed by atoms with Gasteiger partial charge in [-0.05, 0) is 5.56 Å². The van der Waals surface area contributed by atoms with Crippen LogP contribution in [0.5, 0.6) is 0 Å². The number of aromatic nitrogens is 1. The molecule has 1 heterocycles. The van der Waals surface area contributed by atoms with E-state index in [2.05, 4.69) is 4.99 Å². The van der Waals surface area contributed by atoms with E-state index in [0.29, 0.717) is 4.80 Å². The number of thiazole rings is 1. The van der Waals surface area contributed by atoms with Gasteiger partial charge in [0, 0.05) is 24.7 Å². The van der Waals surface area contributed by atoms with E-state index in [1.165, 1.54) is 11.3 Å². The number of hydrogen-bond acceptors (Lipinski definition) is 3. The monoisotopic (exact) mass is 311 g/mol. The van der Waals surface area contributed by atoms with Crippen molar-refractivity contribution in [3.8, 4) is 0 Å². The summed E-state index contributed by atoms with van der Waals surface area (Å²) in [5.41, 5.74) is 7.08. The van der Waals surface area contributed by atoms with Crippen molar-refractivity contribution in [1.29, 1.82) is 0 Å². The van der Waals surface area contributed by atoms with Crippen LogP contribution in [0, 0.1) is 5.92 Å². The Morgan fingerprint density at radius 1 is 1.35 bits per heavy atom. The molecule has 2 unspecified atom stereocenters. The van der Waals surface area contributed by atoms with Crippen molar-refractivity contribution >= 4 is 29.7 Å². The molecule has 2 aromatic rings. The van der Waals surface area contributed by atoms with Gasteiger partial charge >= 0.3 is 0 Å². The molecule has 4 nitrogen and oxygen atoms in total. The van der Waals surface area contributed by atoms with Crippen molar-refractivity contribution in [2.75, 3.05) is 0 Å². The van der Waals surface area contributed by atoms with Crippen molar-refractivity contribution in [3.05, 3.63) is 52.3 Å². The van der Waals surface area contributed by atoms with Gasteiger partial charge in [0.25, 0.3) is 5.91 Å². The number of halogens is 1. The second kappa shape index (κ2) is 7.38. The Hall–Kier alpha value is -1.43. The summed E-state index contributed by atoms with van der Waals surface area (Å²) in [6, 6.07) is 9.30. The van der Waals surface area contributed by atoms with Gasteiger partial charge in [0.15, 0.2) is 4.80 Å². The first-order valence-electron chi connectivity index (χ1n) is 6.09. The van der Waals surface area contributed by atoms with Gasteiger partial charge in [-0.25, -0.2) is 0 Å². The van der Waals surface area contributed by atoms with Crippen LogP contribution in [0.3, 0.4) is 0 Å². The number of amides is 1. The second-order valence-electron chi connectivity index (χ2n) is 4.47. The Kier molecular flexibility index (Phi) is 6.13. The molecular formula is C14H18ClN3OS. The molecule has 0 saturated carbocycles. The highest BCUT2D eigenvalue weighted by Crippen LogP contribution is 2.19. The highest BCUT2D eigenvalue weighted by atomic mass is 35.5. The second-order valence-corrected chi connectivity index (χ2v) is 5.34. The van der Waals surface area contributed by atoms with E-state index >= 15 is 0 Å². The standard InChI is InChI=1S/C14H17N3OS.ClH/c1-10(12(15)11-6-4-3-5-7-11)13(18)16-14-17(2)8-9-19-14;/h3-10,12H,15H2,1-2H3;1H. The Balaban J connectivity index is 0.00000200. The molecule has 0 aliphatic carbocycles. The lowest BCUT2D eigenvalue weighted by molar-refractivity contribution is -0.122. The molecule has 0 fully saturated rings. The molecule has 1 aromatic heterocycles. The molecule has 2 atom stereocenters. The van der Waals surface area contributed by atoms with Crippen LogP contribution in [-0.4, -0.2) is 10.5 Å². The Bertz CT molecular complexity index is 621. The quantitative estimate of drug-likeness (QED) is 0.945. The third-order valence-corrected chi connectivity index (χ3v) is 3.93. The maximum Gasteiger partial charge on any atom is 0.253 e. The minimum atomic E-state index is -0.343. The SMILES string of the molecule is CC(C(=O)N=c1sccn1C)C(N)c1ccccc1.Cl. The van der Waals surface area contributed by atoms with Gasteiger partial charge < -0.3 is 10.3 Å². The summed E-state index contributed by atoms with van der Waals surface area (Å²) < 4.78 is 1.82. The van der Waals surface area contributed by atoms with Gasteiger partial charge in [0.1, 0.15) is 0 Å². The summed E-state index contributed by atoms with van der Waals surface area (Å²) >= 11 is 1.44. The van der Waals surface area contributed by atoms with Crippen molar-refractivity contribution < 1.29 is 4.79 Å². The number of hydrogen-bond donors (Lipinski definition) is 1. The van der Waals surface area contributed by atoms with Gasteiger partial charge in [-0.1, -0.05) is 37.3 Å². The average Bonchev–Trinajstić information content (AvgIpc) is 2.83. The molecule has 0 radical (unpaired) electrons. The average molecular weight is 312 g/mol.